The van der Waals surface area contributed by atoms with E-state index >= 15 is 0 Å². The Morgan fingerprint density at radius 2 is 1.83 bits per heavy atom. The molecule has 0 aliphatic heterocycles. The molecule has 4 nitrogen and oxygen atoms in total. The molecule has 4 heteroatoms. The number of carboxylic acid groups (broad SMARTS) is 1. The molecule has 18 heavy (non-hydrogen) atoms. The molecule has 1 aromatic rings. The molecule has 96 valence electrons. The van der Waals surface area contributed by atoms with Crippen molar-refractivity contribution in [2.75, 3.05) is 6.61 Å². The third-order valence-corrected chi connectivity index (χ3v) is 2.21. The number of aliphatic carboxylic acids is 1. The van der Waals surface area contributed by atoms with Crippen LogP contribution in [0.3, 0.4) is 0 Å². The van der Waals surface area contributed by atoms with Crippen LogP contribution in [-0.4, -0.2) is 23.5 Å². The smallest absolute Gasteiger partial charge is 0.328 e. The normalized spacial score (nSPS) is 11.1. The standard InChI is InChI=1S/C14H16O4/c1-10(7-14(16)17)9-18-13-5-3-12(4-6-13)8-11(2)15/h3-7H,8-9H2,1-2H3,(H,16,17)/b10-7+. The molecule has 0 unspecified atom stereocenters. The van der Waals surface area contributed by atoms with Crippen LogP contribution in [0.1, 0.15) is 19.4 Å². The van der Waals surface area contributed by atoms with Crippen molar-refractivity contribution in [1.29, 1.82) is 0 Å². The monoisotopic (exact) mass is 248 g/mol. The summed E-state index contributed by atoms with van der Waals surface area (Å²) in [5, 5.41) is 8.54. The molecule has 0 spiro atoms. The zero-order valence-electron chi connectivity index (χ0n) is 10.5. The molecule has 0 saturated carbocycles. The Morgan fingerprint density at radius 3 is 2.33 bits per heavy atom. The van der Waals surface area contributed by atoms with Gasteiger partial charge < -0.3 is 9.84 Å². The van der Waals surface area contributed by atoms with E-state index in [0.717, 1.165) is 11.6 Å². The van der Waals surface area contributed by atoms with Crippen molar-refractivity contribution >= 4 is 11.8 Å². The molecular formula is C14H16O4. The Labute approximate surface area is 106 Å². The minimum atomic E-state index is -0.979. The number of ketones is 1. The van der Waals surface area contributed by atoms with Crippen LogP contribution in [0.25, 0.3) is 0 Å². The van der Waals surface area contributed by atoms with Crippen LogP contribution in [0.15, 0.2) is 35.9 Å². The Balaban J connectivity index is 2.54. The average molecular weight is 248 g/mol. The summed E-state index contributed by atoms with van der Waals surface area (Å²) < 4.78 is 5.41. The molecule has 1 rings (SSSR count). The summed E-state index contributed by atoms with van der Waals surface area (Å²) in [6, 6.07) is 7.19. The van der Waals surface area contributed by atoms with E-state index in [1.807, 2.05) is 12.1 Å². The molecule has 0 radical (unpaired) electrons. The number of hydrogen-bond acceptors (Lipinski definition) is 3. The molecule has 0 aliphatic rings. The SMILES string of the molecule is CC(=O)Cc1ccc(OC/C(C)=C/C(=O)O)cc1. The van der Waals surface area contributed by atoms with E-state index in [1.165, 1.54) is 0 Å². The minimum Gasteiger partial charge on any atom is -0.489 e. The second kappa shape index (κ2) is 6.59. The highest BCUT2D eigenvalue weighted by Gasteiger charge is 2.00. The van der Waals surface area contributed by atoms with Crippen LogP contribution < -0.4 is 4.74 Å². The van der Waals surface area contributed by atoms with Crippen molar-refractivity contribution in [3.63, 3.8) is 0 Å². The molecule has 0 atom stereocenters. The van der Waals surface area contributed by atoms with Gasteiger partial charge in [-0.3, -0.25) is 4.79 Å². The van der Waals surface area contributed by atoms with Gasteiger partial charge in [0.25, 0.3) is 0 Å². The van der Waals surface area contributed by atoms with Gasteiger partial charge in [0.2, 0.25) is 0 Å². The van der Waals surface area contributed by atoms with Gasteiger partial charge in [-0.05, 0) is 37.1 Å². The van der Waals surface area contributed by atoms with E-state index in [-0.39, 0.29) is 12.4 Å². The fourth-order valence-electron chi connectivity index (χ4n) is 1.44. The number of benzene rings is 1. The molecule has 0 fully saturated rings. The van der Waals surface area contributed by atoms with Crippen LogP contribution in [0.4, 0.5) is 0 Å². The van der Waals surface area contributed by atoms with Crippen molar-refractivity contribution in [3.8, 4) is 5.75 Å². The summed E-state index contributed by atoms with van der Waals surface area (Å²) in [5.41, 5.74) is 1.57. The first-order valence-corrected chi connectivity index (χ1v) is 5.58. The van der Waals surface area contributed by atoms with E-state index in [9.17, 15) is 9.59 Å². The maximum Gasteiger partial charge on any atom is 0.328 e. The molecule has 0 bridgehead atoms. The third kappa shape index (κ3) is 5.30. The van der Waals surface area contributed by atoms with Crippen molar-refractivity contribution in [3.05, 3.63) is 41.5 Å². The van der Waals surface area contributed by atoms with Crippen molar-refractivity contribution in [2.45, 2.75) is 20.3 Å². The molecule has 0 saturated heterocycles. The zero-order valence-corrected chi connectivity index (χ0v) is 10.5. The van der Waals surface area contributed by atoms with Gasteiger partial charge in [0.1, 0.15) is 18.1 Å². The highest BCUT2D eigenvalue weighted by atomic mass is 16.5. The van der Waals surface area contributed by atoms with E-state index in [4.69, 9.17) is 9.84 Å². The number of ether oxygens (including phenoxy) is 1. The second-order valence-electron chi connectivity index (χ2n) is 4.14. The summed E-state index contributed by atoms with van der Waals surface area (Å²) in [7, 11) is 0. The van der Waals surface area contributed by atoms with Gasteiger partial charge in [-0.15, -0.1) is 0 Å². The fraction of sp³-hybridized carbons (Fsp3) is 0.286. The maximum absolute atomic E-state index is 10.9. The van der Waals surface area contributed by atoms with E-state index in [2.05, 4.69) is 0 Å². The van der Waals surface area contributed by atoms with Gasteiger partial charge in [-0.25, -0.2) is 4.79 Å². The predicted molar refractivity (Wildman–Crippen MR) is 67.7 cm³/mol. The van der Waals surface area contributed by atoms with Crippen LogP contribution in [0, 0.1) is 0 Å². The first-order chi connectivity index (χ1) is 8.47. The number of carbonyl (C=O) groups is 2. The first-order valence-electron chi connectivity index (χ1n) is 5.58. The first kappa shape index (κ1) is 14.0. The van der Waals surface area contributed by atoms with E-state index in [1.54, 1.807) is 26.0 Å². The second-order valence-corrected chi connectivity index (χ2v) is 4.14. The van der Waals surface area contributed by atoms with Crippen LogP contribution in [0.5, 0.6) is 5.75 Å². The van der Waals surface area contributed by atoms with E-state index < -0.39 is 5.97 Å². The quantitative estimate of drug-likeness (QED) is 0.784. The molecule has 0 aromatic heterocycles. The number of Topliss-reactive ketones (excluding diaryl/α,β-unsaturated/α-hetero) is 1. The molecule has 1 N–H and O–H groups in total. The molecule has 0 aliphatic carbocycles. The van der Waals surface area contributed by atoms with E-state index in [0.29, 0.717) is 17.7 Å². The van der Waals surface area contributed by atoms with Crippen molar-refractivity contribution in [1.82, 2.24) is 0 Å². The fourth-order valence-corrected chi connectivity index (χ4v) is 1.44. The lowest BCUT2D eigenvalue weighted by Crippen LogP contribution is -2.02. The number of rotatable bonds is 6. The Hall–Kier alpha value is -2.10. The molecule has 0 amide bonds. The predicted octanol–water partition coefficient (Wildman–Crippen LogP) is 2.23. The summed E-state index contributed by atoms with van der Waals surface area (Å²) in [4.78, 5) is 21.3. The minimum absolute atomic E-state index is 0.115. The molecular weight excluding hydrogens is 232 g/mol. The summed E-state index contributed by atoms with van der Waals surface area (Å²) in [6.45, 7) is 3.47. The Morgan fingerprint density at radius 1 is 1.22 bits per heavy atom. The molecule has 1 aromatic carbocycles. The largest absolute Gasteiger partial charge is 0.489 e. The lowest BCUT2D eigenvalue weighted by molar-refractivity contribution is -0.131. The average Bonchev–Trinajstić information content (AvgIpc) is 2.26. The third-order valence-electron chi connectivity index (χ3n) is 2.21. The summed E-state index contributed by atoms with van der Waals surface area (Å²) >= 11 is 0. The number of carboxylic acids is 1. The summed E-state index contributed by atoms with van der Waals surface area (Å²) in [5.74, 6) is -0.211. The van der Waals surface area contributed by atoms with Crippen molar-refractivity contribution in [2.24, 2.45) is 0 Å². The van der Waals surface area contributed by atoms with Gasteiger partial charge in [0.15, 0.2) is 0 Å². The number of carbonyl (C=O) groups excluding carboxylic acids is 1. The Kier molecular flexibility index (Phi) is 5.11. The topological polar surface area (TPSA) is 63.6 Å². The molecule has 0 heterocycles. The summed E-state index contributed by atoms with van der Waals surface area (Å²) in [6.07, 6.45) is 1.53. The van der Waals surface area contributed by atoms with Gasteiger partial charge >= 0.3 is 5.97 Å². The Bertz CT molecular complexity index is 457. The van der Waals surface area contributed by atoms with Gasteiger partial charge in [-0.1, -0.05) is 12.1 Å². The van der Waals surface area contributed by atoms with Crippen LogP contribution in [0.2, 0.25) is 0 Å². The van der Waals surface area contributed by atoms with Crippen LogP contribution >= 0.6 is 0 Å². The highest BCUT2D eigenvalue weighted by molar-refractivity contribution is 5.80. The zero-order chi connectivity index (χ0) is 13.5. The van der Waals surface area contributed by atoms with Gasteiger partial charge in [-0.2, -0.15) is 0 Å². The lowest BCUT2D eigenvalue weighted by Gasteiger charge is -2.06. The van der Waals surface area contributed by atoms with Gasteiger partial charge in [0, 0.05) is 12.5 Å². The van der Waals surface area contributed by atoms with Crippen LogP contribution in [-0.2, 0) is 16.0 Å². The van der Waals surface area contributed by atoms with Gasteiger partial charge in [0.05, 0.1) is 0 Å². The van der Waals surface area contributed by atoms with Crippen molar-refractivity contribution < 1.29 is 19.4 Å². The maximum atomic E-state index is 10.9. The number of hydrogen-bond donors (Lipinski definition) is 1. The lowest BCUT2D eigenvalue weighted by atomic mass is 10.1. The highest BCUT2D eigenvalue weighted by Crippen LogP contribution is 2.13.